The molecular formula is C12H21N3O. The van der Waals surface area contributed by atoms with E-state index in [1.807, 2.05) is 6.20 Å². The van der Waals surface area contributed by atoms with Crippen LogP contribution in [0.1, 0.15) is 49.5 Å². The number of hydrogen-bond donors (Lipinski definition) is 2. The maximum absolute atomic E-state index is 5.72. The van der Waals surface area contributed by atoms with Crippen molar-refractivity contribution in [1.82, 2.24) is 9.97 Å². The van der Waals surface area contributed by atoms with Gasteiger partial charge in [-0.05, 0) is 19.3 Å². The molecule has 0 radical (unpaired) electrons. The van der Waals surface area contributed by atoms with Crippen LogP contribution in [0, 0.1) is 0 Å². The molecule has 1 unspecified atom stereocenters. The maximum Gasteiger partial charge on any atom is 0.110 e. The van der Waals surface area contributed by atoms with Crippen LogP contribution in [-0.4, -0.2) is 29.7 Å². The van der Waals surface area contributed by atoms with Gasteiger partial charge < -0.3 is 15.5 Å². The first-order chi connectivity index (χ1) is 7.85. The number of imidazole rings is 1. The van der Waals surface area contributed by atoms with Crippen LogP contribution in [0.5, 0.6) is 0 Å². The molecule has 0 saturated carbocycles. The van der Waals surface area contributed by atoms with Gasteiger partial charge in [-0.15, -0.1) is 0 Å². The Balaban J connectivity index is 2.05. The van der Waals surface area contributed by atoms with E-state index in [1.54, 1.807) is 0 Å². The van der Waals surface area contributed by atoms with Gasteiger partial charge in [0.1, 0.15) is 5.82 Å². The van der Waals surface area contributed by atoms with Gasteiger partial charge in [-0.3, -0.25) is 0 Å². The molecular weight excluding hydrogens is 202 g/mol. The number of aromatic nitrogens is 2. The molecule has 1 aliphatic heterocycles. The van der Waals surface area contributed by atoms with Crippen LogP contribution in [-0.2, 0) is 4.74 Å². The summed E-state index contributed by atoms with van der Waals surface area (Å²) in [7, 11) is 0. The largest absolute Gasteiger partial charge is 0.381 e. The molecule has 2 rings (SSSR count). The van der Waals surface area contributed by atoms with Crippen molar-refractivity contribution in [3.05, 3.63) is 17.7 Å². The third kappa shape index (κ3) is 2.44. The molecule has 0 aromatic carbocycles. The molecule has 4 heteroatoms. The van der Waals surface area contributed by atoms with Crippen molar-refractivity contribution in [3.8, 4) is 0 Å². The number of H-pyrrole nitrogens is 1. The van der Waals surface area contributed by atoms with E-state index in [9.17, 15) is 0 Å². The first kappa shape index (κ1) is 11.6. The number of nitrogens with zero attached hydrogens (tertiary/aromatic N) is 1. The Labute approximate surface area is 96.6 Å². The van der Waals surface area contributed by atoms with Crippen molar-refractivity contribution >= 4 is 0 Å². The summed E-state index contributed by atoms with van der Waals surface area (Å²) in [4.78, 5) is 7.90. The Hall–Kier alpha value is -0.870. The summed E-state index contributed by atoms with van der Waals surface area (Å²) in [6.07, 6.45) is 5.21. The van der Waals surface area contributed by atoms with E-state index >= 15 is 0 Å². The summed E-state index contributed by atoms with van der Waals surface area (Å²) in [6, 6.07) is 0. The number of rotatable bonds is 4. The van der Waals surface area contributed by atoms with Crippen LogP contribution in [0.25, 0.3) is 0 Å². The van der Waals surface area contributed by atoms with Gasteiger partial charge in [-0.1, -0.05) is 6.92 Å². The number of ether oxygens (including phenoxy) is 1. The topological polar surface area (TPSA) is 63.9 Å². The van der Waals surface area contributed by atoms with Gasteiger partial charge in [0.15, 0.2) is 0 Å². The van der Waals surface area contributed by atoms with Crippen LogP contribution in [0.15, 0.2) is 6.20 Å². The highest BCUT2D eigenvalue weighted by atomic mass is 16.5. The lowest BCUT2D eigenvalue weighted by Gasteiger charge is -2.20. The third-order valence-electron chi connectivity index (χ3n) is 3.44. The van der Waals surface area contributed by atoms with E-state index in [1.165, 1.54) is 5.69 Å². The number of aromatic amines is 1. The van der Waals surface area contributed by atoms with Crippen molar-refractivity contribution in [3.63, 3.8) is 0 Å². The minimum atomic E-state index is 0.369. The zero-order valence-electron chi connectivity index (χ0n) is 9.91. The fourth-order valence-electron chi connectivity index (χ4n) is 2.25. The first-order valence-corrected chi connectivity index (χ1v) is 6.17. The summed E-state index contributed by atoms with van der Waals surface area (Å²) < 4.78 is 5.36. The Kier molecular flexibility index (Phi) is 3.96. The fraction of sp³-hybridized carbons (Fsp3) is 0.750. The average Bonchev–Trinajstić information content (AvgIpc) is 2.81. The van der Waals surface area contributed by atoms with Crippen LogP contribution in [0.3, 0.4) is 0 Å². The Morgan fingerprint density at radius 2 is 2.31 bits per heavy atom. The highest BCUT2D eigenvalue weighted by molar-refractivity contribution is 5.11. The van der Waals surface area contributed by atoms with Gasteiger partial charge in [0.05, 0.1) is 0 Å². The second-order valence-electron chi connectivity index (χ2n) is 4.45. The lowest BCUT2D eigenvalue weighted by molar-refractivity contribution is 0.0845. The highest BCUT2D eigenvalue weighted by Crippen LogP contribution is 2.26. The molecule has 90 valence electrons. The van der Waals surface area contributed by atoms with Crippen molar-refractivity contribution < 1.29 is 4.74 Å². The molecule has 0 aliphatic carbocycles. The van der Waals surface area contributed by atoms with Gasteiger partial charge in [-0.25, -0.2) is 4.98 Å². The lowest BCUT2D eigenvalue weighted by Crippen LogP contribution is -2.15. The van der Waals surface area contributed by atoms with Gasteiger partial charge in [-0.2, -0.15) is 0 Å². The van der Waals surface area contributed by atoms with Crippen molar-refractivity contribution in [2.24, 2.45) is 5.73 Å². The van der Waals surface area contributed by atoms with E-state index in [-0.39, 0.29) is 0 Å². The number of hydrogen-bond acceptors (Lipinski definition) is 3. The molecule has 0 bridgehead atoms. The Bertz CT molecular complexity index is 314. The number of nitrogens with two attached hydrogens (primary N) is 1. The summed E-state index contributed by atoms with van der Waals surface area (Å²) in [5, 5.41) is 0. The van der Waals surface area contributed by atoms with Crippen molar-refractivity contribution in [2.45, 2.75) is 38.0 Å². The minimum absolute atomic E-state index is 0.369. The summed E-state index contributed by atoms with van der Waals surface area (Å²) >= 11 is 0. The van der Waals surface area contributed by atoms with E-state index in [2.05, 4.69) is 16.9 Å². The van der Waals surface area contributed by atoms with Crippen LogP contribution >= 0.6 is 0 Å². The van der Waals surface area contributed by atoms with Crippen LogP contribution in [0.2, 0.25) is 0 Å². The predicted molar refractivity (Wildman–Crippen MR) is 63.5 cm³/mol. The average molecular weight is 223 g/mol. The van der Waals surface area contributed by atoms with Gasteiger partial charge >= 0.3 is 0 Å². The normalized spacial score (nSPS) is 19.9. The fourth-order valence-corrected chi connectivity index (χ4v) is 2.25. The molecule has 2 heterocycles. The first-order valence-electron chi connectivity index (χ1n) is 6.17. The molecule has 0 spiro atoms. The predicted octanol–water partition coefficient (Wildman–Crippen LogP) is 1.76. The van der Waals surface area contributed by atoms with Crippen LogP contribution in [0.4, 0.5) is 0 Å². The third-order valence-corrected chi connectivity index (χ3v) is 3.44. The molecule has 1 aromatic rings. The van der Waals surface area contributed by atoms with Crippen LogP contribution < -0.4 is 5.73 Å². The quantitative estimate of drug-likeness (QED) is 0.817. The zero-order valence-corrected chi connectivity index (χ0v) is 9.91. The Morgan fingerprint density at radius 1 is 1.56 bits per heavy atom. The smallest absolute Gasteiger partial charge is 0.110 e. The second kappa shape index (κ2) is 5.46. The molecule has 1 aromatic heterocycles. The van der Waals surface area contributed by atoms with E-state index in [0.717, 1.165) is 38.3 Å². The number of nitrogens with one attached hydrogen (secondary N) is 1. The zero-order chi connectivity index (χ0) is 11.4. The van der Waals surface area contributed by atoms with E-state index in [0.29, 0.717) is 18.4 Å². The highest BCUT2D eigenvalue weighted by Gasteiger charge is 2.19. The SMILES string of the molecule is CCC(CN)c1ncc(C2CCOCC2)[nH]1. The summed E-state index contributed by atoms with van der Waals surface area (Å²) in [5.74, 6) is 2.00. The van der Waals surface area contributed by atoms with Gasteiger partial charge in [0.2, 0.25) is 0 Å². The molecule has 1 aliphatic rings. The minimum Gasteiger partial charge on any atom is -0.381 e. The second-order valence-corrected chi connectivity index (χ2v) is 4.45. The molecule has 4 nitrogen and oxygen atoms in total. The standard InChI is InChI=1S/C12H21N3O/c1-2-9(7-13)12-14-8-11(15-12)10-3-5-16-6-4-10/h8-10H,2-7,13H2,1H3,(H,14,15). The van der Waals surface area contributed by atoms with E-state index < -0.39 is 0 Å². The lowest BCUT2D eigenvalue weighted by atomic mass is 9.97. The maximum atomic E-state index is 5.72. The van der Waals surface area contributed by atoms with Crippen molar-refractivity contribution in [2.75, 3.05) is 19.8 Å². The van der Waals surface area contributed by atoms with Crippen molar-refractivity contribution in [1.29, 1.82) is 0 Å². The summed E-state index contributed by atoms with van der Waals surface area (Å²) in [5.41, 5.74) is 6.98. The Morgan fingerprint density at radius 3 is 2.94 bits per heavy atom. The molecule has 0 amide bonds. The molecule has 1 saturated heterocycles. The molecule has 16 heavy (non-hydrogen) atoms. The molecule has 1 atom stereocenters. The molecule has 1 fully saturated rings. The van der Waals surface area contributed by atoms with Gasteiger partial charge in [0.25, 0.3) is 0 Å². The van der Waals surface area contributed by atoms with E-state index in [4.69, 9.17) is 10.5 Å². The van der Waals surface area contributed by atoms with Gasteiger partial charge in [0, 0.05) is 43.5 Å². The monoisotopic (exact) mass is 223 g/mol. The summed E-state index contributed by atoms with van der Waals surface area (Å²) in [6.45, 7) is 4.55. The molecule has 3 N–H and O–H groups in total.